The van der Waals surface area contributed by atoms with E-state index in [0.717, 1.165) is 5.39 Å². The molecule has 0 radical (unpaired) electrons. The number of fused-ring (bicyclic) bond motifs is 3. The van der Waals surface area contributed by atoms with E-state index in [1.54, 1.807) is 18.2 Å². The molecule has 0 atom stereocenters. The Hall–Kier alpha value is -3.94. The molecule has 0 aliphatic carbocycles. The monoisotopic (exact) mass is 377 g/mol. The Balaban J connectivity index is 1.55. The number of aromatic nitrogens is 2. The minimum absolute atomic E-state index is 0.110. The number of ether oxygens (including phenoxy) is 1. The van der Waals surface area contributed by atoms with Crippen LogP contribution in [0.5, 0.6) is 0 Å². The molecule has 1 N–H and O–H groups in total. The summed E-state index contributed by atoms with van der Waals surface area (Å²) >= 11 is 0. The quantitative estimate of drug-likeness (QED) is 0.548. The molecule has 2 aromatic heterocycles. The van der Waals surface area contributed by atoms with Gasteiger partial charge in [0.1, 0.15) is 17.6 Å². The summed E-state index contributed by atoms with van der Waals surface area (Å²) in [5, 5.41) is 3.41. The topological polar surface area (TPSA) is 103 Å². The van der Waals surface area contributed by atoms with E-state index in [-0.39, 0.29) is 12.1 Å². The molecule has 0 saturated carbocycles. The van der Waals surface area contributed by atoms with Gasteiger partial charge < -0.3 is 14.5 Å². The van der Waals surface area contributed by atoms with Gasteiger partial charge in [-0.3, -0.25) is 14.2 Å². The van der Waals surface area contributed by atoms with Crippen LogP contribution in [0.2, 0.25) is 0 Å². The summed E-state index contributed by atoms with van der Waals surface area (Å²) < 4.78 is 11.4. The summed E-state index contributed by atoms with van der Waals surface area (Å²) in [6.07, 6.45) is 1.33. The highest BCUT2D eigenvalue weighted by atomic mass is 16.5. The largest absolute Gasteiger partial charge is 0.465 e. The lowest BCUT2D eigenvalue weighted by Gasteiger charge is -2.07. The lowest BCUT2D eigenvalue weighted by Crippen LogP contribution is -2.27. The van der Waals surface area contributed by atoms with E-state index >= 15 is 0 Å². The van der Waals surface area contributed by atoms with Gasteiger partial charge in [0, 0.05) is 11.1 Å². The number of carbonyl (C=O) groups is 2. The fraction of sp³-hybridized carbons (Fsp3) is 0.100. The first-order valence-corrected chi connectivity index (χ1v) is 8.42. The molecule has 2 heterocycles. The summed E-state index contributed by atoms with van der Waals surface area (Å²) in [7, 11) is 1.29. The van der Waals surface area contributed by atoms with Gasteiger partial charge in [0.05, 0.1) is 19.0 Å². The van der Waals surface area contributed by atoms with E-state index in [2.05, 4.69) is 15.0 Å². The van der Waals surface area contributed by atoms with Gasteiger partial charge in [0.2, 0.25) is 11.5 Å². The third-order valence-corrected chi connectivity index (χ3v) is 4.25. The summed E-state index contributed by atoms with van der Waals surface area (Å²) in [4.78, 5) is 40.6. The average molecular weight is 377 g/mol. The number of nitrogens with zero attached hydrogens (tertiary/aromatic N) is 2. The van der Waals surface area contributed by atoms with Crippen molar-refractivity contribution in [3.8, 4) is 0 Å². The molecular weight excluding hydrogens is 362 g/mol. The number of amides is 1. The fourth-order valence-electron chi connectivity index (χ4n) is 2.89. The zero-order valence-electron chi connectivity index (χ0n) is 14.8. The van der Waals surface area contributed by atoms with Crippen LogP contribution in [0.4, 0.5) is 5.69 Å². The number of rotatable bonds is 4. The number of hydrogen-bond donors (Lipinski definition) is 1. The SMILES string of the molecule is COC(=O)c1ccc(NC(=O)Cn2cnc3c(oc4ccccc43)c2=O)cc1. The van der Waals surface area contributed by atoms with Gasteiger partial charge in [-0.05, 0) is 36.4 Å². The first kappa shape index (κ1) is 17.5. The van der Waals surface area contributed by atoms with E-state index in [4.69, 9.17) is 4.42 Å². The molecule has 8 nitrogen and oxygen atoms in total. The molecule has 8 heteroatoms. The highest BCUT2D eigenvalue weighted by Gasteiger charge is 2.14. The normalized spacial score (nSPS) is 10.9. The summed E-state index contributed by atoms with van der Waals surface area (Å²) in [5.74, 6) is -0.875. The molecule has 28 heavy (non-hydrogen) atoms. The van der Waals surface area contributed by atoms with Crippen molar-refractivity contribution in [1.82, 2.24) is 9.55 Å². The third-order valence-electron chi connectivity index (χ3n) is 4.25. The molecule has 140 valence electrons. The van der Waals surface area contributed by atoms with Crippen LogP contribution in [-0.2, 0) is 16.1 Å². The maximum Gasteiger partial charge on any atom is 0.337 e. The first-order chi connectivity index (χ1) is 13.6. The van der Waals surface area contributed by atoms with Crippen molar-refractivity contribution in [3.05, 3.63) is 70.8 Å². The Morgan fingerprint density at radius 3 is 2.64 bits per heavy atom. The molecular formula is C20H15N3O5. The van der Waals surface area contributed by atoms with Crippen LogP contribution in [0.15, 0.2) is 64.1 Å². The van der Waals surface area contributed by atoms with Gasteiger partial charge in [0.15, 0.2) is 0 Å². The van der Waals surface area contributed by atoms with Crippen LogP contribution >= 0.6 is 0 Å². The van der Waals surface area contributed by atoms with Crippen LogP contribution in [0.25, 0.3) is 22.1 Å². The lowest BCUT2D eigenvalue weighted by molar-refractivity contribution is -0.116. The van der Waals surface area contributed by atoms with Crippen molar-refractivity contribution in [1.29, 1.82) is 0 Å². The molecule has 0 spiro atoms. The molecule has 0 unspecified atom stereocenters. The summed E-state index contributed by atoms with van der Waals surface area (Å²) in [6.45, 7) is -0.225. The van der Waals surface area contributed by atoms with Crippen LogP contribution in [-0.4, -0.2) is 28.5 Å². The highest BCUT2D eigenvalue weighted by Crippen LogP contribution is 2.24. The van der Waals surface area contributed by atoms with E-state index < -0.39 is 17.4 Å². The van der Waals surface area contributed by atoms with Crippen LogP contribution in [0.3, 0.4) is 0 Å². The Morgan fingerprint density at radius 1 is 1.14 bits per heavy atom. The smallest absolute Gasteiger partial charge is 0.337 e. The number of benzene rings is 2. The molecule has 0 bridgehead atoms. The minimum Gasteiger partial charge on any atom is -0.465 e. The molecule has 0 aliphatic heterocycles. The van der Waals surface area contributed by atoms with Crippen molar-refractivity contribution in [2.45, 2.75) is 6.54 Å². The van der Waals surface area contributed by atoms with E-state index in [1.165, 1.54) is 30.1 Å². The predicted molar refractivity (Wildman–Crippen MR) is 102 cm³/mol. The van der Waals surface area contributed by atoms with Crippen molar-refractivity contribution >= 4 is 39.6 Å². The van der Waals surface area contributed by atoms with Crippen molar-refractivity contribution in [3.63, 3.8) is 0 Å². The number of carbonyl (C=O) groups excluding carboxylic acids is 2. The van der Waals surface area contributed by atoms with Crippen molar-refractivity contribution in [2.24, 2.45) is 0 Å². The lowest BCUT2D eigenvalue weighted by atomic mass is 10.2. The van der Waals surface area contributed by atoms with E-state index in [0.29, 0.717) is 22.4 Å². The second-order valence-corrected chi connectivity index (χ2v) is 6.07. The van der Waals surface area contributed by atoms with Gasteiger partial charge >= 0.3 is 5.97 Å². The van der Waals surface area contributed by atoms with Crippen molar-refractivity contribution in [2.75, 3.05) is 12.4 Å². The number of nitrogens with one attached hydrogen (secondary N) is 1. The van der Waals surface area contributed by atoms with Gasteiger partial charge in [0.25, 0.3) is 5.56 Å². The van der Waals surface area contributed by atoms with E-state index in [1.807, 2.05) is 18.2 Å². The third kappa shape index (κ3) is 3.11. The second kappa shape index (κ2) is 6.99. The molecule has 2 aromatic carbocycles. The highest BCUT2D eigenvalue weighted by molar-refractivity contribution is 6.01. The molecule has 4 rings (SSSR count). The number of furan rings is 1. The van der Waals surface area contributed by atoms with Gasteiger partial charge in [-0.15, -0.1) is 0 Å². The second-order valence-electron chi connectivity index (χ2n) is 6.07. The van der Waals surface area contributed by atoms with Gasteiger partial charge in [-0.1, -0.05) is 12.1 Å². The number of esters is 1. The first-order valence-electron chi connectivity index (χ1n) is 8.42. The summed E-state index contributed by atoms with van der Waals surface area (Å²) in [5.41, 5.74) is 1.57. The molecule has 0 saturated heterocycles. The number of anilines is 1. The van der Waals surface area contributed by atoms with Crippen molar-refractivity contribution < 1.29 is 18.7 Å². The van der Waals surface area contributed by atoms with Crippen LogP contribution < -0.4 is 10.9 Å². The predicted octanol–water partition coefficient (Wildman–Crippen LogP) is 2.57. The maximum absolute atomic E-state index is 12.6. The minimum atomic E-state index is -0.463. The Kier molecular flexibility index (Phi) is 4.36. The van der Waals surface area contributed by atoms with E-state index in [9.17, 15) is 14.4 Å². The zero-order valence-corrected chi connectivity index (χ0v) is 14.8. The number of methoxy groups -OCH3 is 1. The molecule has 4 aromatic rings. The number of hydrogen-bond acceptors (Lipinski definition) is 6. The summed E-state index contributed by atoms with van der Waals surface area (Å²) in [6, 6.07) is 13.5. The Bertz CT molecular complexity index is 1250. The zero-order chi connectivity index (χ0) is 19.7. The average Bonchev–Trinajstić information content (AvgIpc) is 3.09. The number of para-hydroxylation sites is 1. The fourth-order valence-corrected chi connectivity index (χ4v) is 2.89. The molecule has 1 amide bonds. The van der Waals surface area contributed by atoms with Crippen LogP contribution in [0.1, 0.15) is 10.4 Å². The Labute approximate surface area is 158 Å². The van der Waals surface area contributed by atoms with Crippen LogP contribution in [0, 0.1) is 0 Å². The maximum atomic E-state index is 12.6. The Morgan fingerprint density at radius 2 is 1.89 bits per heavy atom. The van der Waals surface area contributed by atoms with Gasteiger partial charge in [-0.2, -0.15) is 0 Å². The molecule has 0 aliphatic rings. The molecule has 0 fully saturated rings. The standard InChI is InChI=1S/C20H15N3O5/c1-27-20(26)12-6-8-13(9-7-12)22-16(24)10-23-11-21-17-14-4-2-3-5-15(14)28-18(17)19(23)25/h2-9,11H,10H2,1H3,(H,22,24). The van der Waals surface area contributed by atoms with Gasteiger partial charge in [-0.25, -0.2) is 9.78 Å².